The summed E-state index contributed by atoms with van der Waals surface area (Å²) in [4.78, 5) is 20.3. The fourth-order valence-electron chi connectivity index (χ4n) is 1.40. The molecule has 94 valence electrons. The van der Waals surface area contributed by atoms with Crippen LogP contribution in [0.1, 0.15) is 16.1 Å². The summed E-state index contributed by atoms with van der Waals surface area (Å²) in [6, 6.07) is 1.73. The van der Waals surface area contributed by atoms with Gasteiger partial charge in [-0.3, -0.25) is 4.79 Å². The molecule has 0 fully saturated rings. The van der Waals surface area contributed by atoms with Crippen LogP contribution in [0.3, 0.4) is 0 Å². The van der Waals surface area contributed by atoms with E-state index >= 15 is 0 Å². The Balaban J connectivity index is 2.10. The molecule has 0 radical (unpaired) electrons. The minimum absolute atomic E-state index is 0.179. The van der Waals surface area contributed by atoms with Crippen LogP contribution >= 0.6 is 27.3 Å². The van der Waals surface area contributed by atoms with E-state index in [1.807, 2.05) is 5.38 Å². The minimum Gasteiger partial charge on any atom is -0.372 e. The molecular weight excluding hydrogens is 316 g/mol. The molecule has 2 heterocycles. The second-order valence-corrected chi connectivity index (χ2v) is 5.10. The van der Waals surface area contributed by atoms with E-state index in [0.717, 1.165) is 10.2 Å². The van der Waals surface area contributed by atoms with Gasteiger partial charge < -0.3 is 10.6 Å². The van der Waals surface area contributed by atoms with E-state index in [2.05, 4.69) is 36.5 Å². The Labute approximate surface area is 117 Å². The molecule has 2 aromatic rings. The van der Waals surface area contributed by atoms with Gasteiger partial charge in [-0.05, 0) is 22.0 Å². The molecule has 5 nitrogen and oxygen atoms in total. The van der Waals surface area contributed by atoms with E-state index in [0.29, 0.717) is 17.9 Å². The van der Waals surface area contributed by atoms with Crippen LogP contribution < -0.4 is 10.6 Å². The quantitative estimate of drug-likeness (QED) is 0.904. The first kappa shape index (κ1) is 13.0. The molecule has 0 atom stereocenters. The molecule has 0 unspecified atom stereocenters. The number of nitrogens with one attached hydrogen (secondary N) is 2. The molecule has 1 amide bonds. The molecule has 0 aromatic carbocycles. The lowest BCUT2D eigenvalue weighted by Gasteiger charge is -2.08. The number of anilines is 1. The van der Waals surface area contributed by atoms with E-state index in [-0.39, 0.29) is 5.91 Å². The molecule has 0 aliphatic heterocycles. The highest BCUT2D eigenvalue weighted by Crippen LogP contribution is 2.17. The number of rotatable bonds is 4. The Hall–Kier alpha value is -1.47. The van der Waals surface area contributed by atoms with E-state index in [9.17, 15) is 4.79 Å². The summed E-state index contributed by atoms with van der Waals surface area (Å²) < 4.78 is 0.764. The van der Waals surface area contributed by atoms with Gasteiger partial charge in [-0.2, -0.15) is 0 Å². The second-order valence-electron chi connectivity index (χ2n) is 3.46. The standard InChI is InChI=1S/C11H11BrN4OS/c1-13-10-9(2-7(12)3-14-10)11(17)15-4-8-5-18-6-16-8/h2-3,5-6H,4H2,1H3,(H,13,14)(H,15,17). The Kier molecular flexibility index (Phi) is 4.27. The number of aromatic nitrogens is 2. The highest BCUT2D eigenvalue weighted by molar-refractivity contribution is 9.10. The molecule has 2 N–H and O–H groups in total. The van der Waals surface area contributed by atoms with Crippen molar-refractivity contribution in [1.29, 1.82) is 0 Å². The summed E-state index contributed by atoms with van der Waals surface area (Å²) in [6.45, 7) is 0.415. The molecule has 0 spiro atoms. The number of nitrogens with zero attached hydrogens (tertiary/aromatic N) is 2. The zero-order chi connectivity index (χ0) is 13.0. The number of amides is 1. The van der Waals surface area contributed by atoms with Crippen LogP contribution in [0.15, 0.2) is 27.6 Å². The zero-order valence-electron chi connectivity index (χ0n) is 9.61. The van der Waals surface area contributed by atoms with Crippen molar-refractivity contribution in [2.24, 2.45) is 0 Å². The lowest BCUT2D eigenvalue weighted by Crippen LogP contribution is -2.24. The van der Waals surface area contributed by atoms with Gasteiger partial charge in [-0.15, -0.1) is 11.3 Å². The topological polar surface area (TPSA) is 66.9 Å². The van der Waals surface area contributed by atoms with E-state index in [4.69, 9.17) is 0 Å². The minimum atomic E-state index is -0.179. The summed E-state index contributed by atoms with van der Waals surface area (Å²) in [5.74, 6) is 0.370. The molecule has 0 aliphatic carbocycles. The van der Waals surface area contributed by atoms with Gasteiger partial charge in [0.1, 0.15) is 5.82 Å². The zero-order valence-corrected chi connectivity index (χ0v) is 12.0. The molecular formula is C11H11BrN4OS. The van der Waals surface area contributed by atoms with Crippen LogP contribution in [-0.4, -0.2) is 22.9 Å². The van der Waals surface area contributed by atoms with Crippen molar-refractivity contribution in [1.82, 2.24) is 15.3 Å². The van der Waals surface area contributed by atoms with Crippen LogP contribution in [0.25, 0.3) is 0 Å². The third-order valence-corrected chi connectivity index (χ3v) is 3.32. The number of thiazole rings is 1. The first-order chi connectivity index (χ1) is 8.70. The lowest BCUT2D eigenvalue weighted by atomic mass is 10.2. The van der Waals surface area contributed by atoms with Gasteiger partial charge in [0.2, 0.25) is 0 Å². The first-order valence-corrected chi connectivity index (χ1v) is 6.93. The average molecular weight is 327 g/mol. The number of halogens is 1. The highest BCUT2D eigenvalue weighted by Gasteiger charge is 2.12. The summed E-state index contributed by atoms with van der Waals surface area (Å²) in [6.07, 6.45) is 1.64. The highest BCUT2D eigenvalue weighted by atomic mass is 79.9. The maximum absolute atomic E-state index is 12.0. The van der Waals surface area contributed by atoms with Gasteiger partial charge in [0, 0.05) is 23.1 Å². The number of pyridine rings is 1. The van der Waals surface area contributed by atoms with Crippen molar-refractivity contribution in [2.75, 3.05) is 12.4 Å². The van der Waals surface area contributed by atoms with Crippen molar-refractivity contribution in [3.63, 3.8) is 0 Å². The van der Waals surface area contributed by atoms with E-state index < -0.39 is 0 Å². The van der Waals surface area contributed by atoms with Gasteiger partial charge >= 0.3 is 0 Å². The van der Waals surface area contributed by atoms with E-state index in [1.165, 1.54) is 11.3 Å². The van der Waals surface area contributed by atoms with Gasteiger partial charge in [0.25, 0.3) is 5.91 Å². The Morgan fingerprint density at radius 3 is 3.00 bits per heavy atom. The lowest BCUT2D eigenvalue weighted by molar-refractivity contribution is 0.0951. The third-order valence-electron chi connectivity index (χ3n) is 2.25. The normalized spacial score (nSPS) is 10.1. The number of hydrogen-bond donors (Lipinski definition) is 2. The smallest absolute Gasteiger partial charge is 0.255 e. The summed E-state index contributed by atoms with van der Waals surface area (Å²) in [7, 11) is 1.73. The molecule has 2 rings (SSSR count). The van der Waals surface area contributed by atoms with Crippen LogP contribution in [0.2, 0.25) is 0 Å². The van der Waals surface area contributed by atoms with Crippen LogP contribution in [0.4, 0.5) is 5.82 Å². The molecule has 0 aliphatic rings. The number of carbonyl (C=O) groups is 1. The molecule has 0 saturated heterocycles. The molecule has 0 saturated carbocycles. The fourth-order valence-corrected chi connectivity index (χ4v) is 2.29. The maximum atomic E-state index is 12.0. The van der Waals surface area contributed by atoms with Crippen LogP contribution in [-0.2, 0) is 6.54 Å². The van der Waals surface area contributed by atoms with Gasteiger partial charge in [0.05, 0.1) is 23.3 Å². The predicted octanol–water partition coefficient (Wildman–Crippen LogP) is 2.27. The Morgan fingerprint density at radius 2 is 2.33 bits per heavy atom. The van der Waals surface area contributed by atoms with Crippen molar-refractivity contribution in [3.8, 4) is 0 Å². The summed E-state index contributed by atoms with van der Waals surface area (Å²) >= 11 is 4.81. The molecule has 7 heteroatoms. The third kappa shape index (κ3) is 3.05. The van der Waals surface area contributed by atoms with Gasteiger partial charge in [0.15, 0.2) is 0 Å². The second kappa shape index (κ2) is 5.92. The van der Waals surface area contributed by atoms with Crippen LogP contribution in [0, 0.1) is 0 Å². The molecule has 2 aromatic heterocycles. The largest absolute Gasteiger partial charge is 0.372 e. The molecule has 18 heavy (non-hydrogen) atoms. The molecule has 0 bridgehead atoms. The summed E-state index contributed by atoms with van der Waals surface area (Å²) in [5, 5.41) is 7.60. The van der Waals surface area contributed by atoms with E-state index in [1.54, 1.807) is 24.8 Å². The summed E-state index contributed by atoms with van der Waals surface area (Å²) in [5.41, 5.74) is 3.09. The number of carbonyl (C=O) groups excluding carboxylic acids is 1. The Morgan fingerprint density at radius 1 is 1.50 bits per heavy atom. The van der Waals surface area contributed by atoms with Crippen LogP contribution in [0.5, 0.6) is 0 Å². The number of hydrogen-bond acceptors (Lipinski definition) is 5. The maximum Gasteiger partial charge on any atom is 0.255 e. The van der Waals surface area contributed by atoms with Crippen molar-refractivity contribution < 1.29 is 4.79 Å². The fraction of sp³-hybridized carbons (Fsp3) is 0.182. The Bertz CT molecular complexity index is 544. The van der Waals surface area contributed by atoms with Crippen molar-refractivity contribution in [3.05, 3.63) is 38.9 Å². The predicted molar refractivity (Wildman–Crippen MR) is 74.8 cm³/mol. The van der Waals surface area contributed by atoms with Gasteiger partial charge in [-0.25, -0.2) is 9.97 Å². The monoisotopic (exact) mass is 326 g/mol. The average Bonchev–Trinajstić information content (AvgIpc) is 2.89. The first-order valence-electron chi connectivity index (χ1n) is 5.19. The SMILES string of the molecule is CNc1ncc(Br)cc1C(=O)NCc1cscn1. The van der Waals surface area contributed by atoms with Gasteiger partial charge in [-0.1, -0.05) is 0 Å². The van der Waals surface area contributed by atoms with Crippen molar-refractivity contribution in [2.45, 2.75) is 6.54 Å². The van der Waals surface area contributed by atoms with Crippen molar-refractivity contribution >= 4 is 39.0 Å².